The van der Waals surface area contributed by atoms with E-state index in [-0.39, 0.29) is 11.3 Å². The van der Waals surface area contributed by atoms with Crippen LogP contribution in [0.1, 0.15) is 33.6 Å². The molecule has 1 amide bonds. The Labute approximate surface area is 98.9 Å². The molecular weight excluding hydrogens is 228 g/mol. The van der Waals surface area contributed by atoms with E-state index in [2.05, 4.69) is 0 Å². The van der Waals surface area contributed by atoms with Gasteiger partial charge in [0, 0.05) is 13.1 Å². The van der Waals surface area contributed by atoms with Gasteiger partial charge in [-0.1, -0.05) is 0 Å². The fraction of sp³-hybridized carbons (Fsp3) is 0.900. The zero-order valence-corrected chi connectivity index (χ0v) is 10.9. The Bertz CT molecular complexity index is 280. The van der Waals surface area contributed by atoms with Crippen LogP contribution in [0.15, 0.2) is 0 Å². The maximum atomic E-state index is 11.7. The van der Waals surface area contributed by atoms with Crippen LogP contribution >= 0.6 is 0 Å². The van der Waals surface area contributed by atoms with E-state index in [1.807, 2.05) is 20.8 Å². The summed E-state index contributed by atoms with van der Waals surface area (Å²) in [6, 6.07) is 0. The summed E-state index contributed by atoms with van der Waals surface area (Å²) in [6.07, 6.45) is 1.07. The van der Waals surface area contributed by atoms with Crippen LogP contribution in [0.5, 0.6) is 0 Å². The van der Waals surface area contributed by atoms with Gasteiger partial charge in [-0.25, -0.2) is 9.00 Å². The summed E-state index contributed by atoms with van der Waals surface area (Å²) in [6.45, 7) is 6.66. The topological polar surface area (TPSA) is 72.6 Å². The number of nitrogens with zero attached hydrogens (tertiary/aromatic N) is 1. The highest BCUT2D eigenvalue weighted by molar-refractivity contribution is 7.83. The molecule has 0 aromatic rings. The standard InChI is InChI=1S/C10H20N2O3S/c1-10(2,3)15-9(13)12-6-4-8(5-7-12)16(11)14/h8H,4-7,11H2,1-3H3/t16-/m1/s1. The third-order valence-corrected chi connectivity index (χ3v) is 3.55. The van der Waals surface area contributed by atoms with Gasteiger partial charge >= 0.3 is 6.09 Å². The SMILES string of the molecule is CC(C)(C)OC(=O)N1CCC([S@](N)=O)CC1. The highest BCUT2D eigenvalue weighted by Crippen LogP contribution is 2.17. The van der Waals surface area contributed by atoms with Crippen molar-refractivity contribution in [2.24, 2.45) is 5.14 Å². The van der Waals surface area contributed by atoms with Crippen LogP contribution in [0.2, 0.25) is 0 Å². The third-order valence-electron chi connectivity index (χ3n) is 2.42. The molecule has 0 saturated carbocycles. The number of rotatable bonds is 1. The fourth-order valence-electron chi connectivity index (χ4n) is 1.60. The van der Waals surface area contributed by atoms with E-state index in [0.717, 1.165) is 0 Å². The van der Waals surface area contributed by atoms with Gasteiger partial charge in [-0.2, -0.15) is 0 Å². The first-order valence-electron chi connectivity index (χ1n) is 5.42. The Balaban J connectivity index is 2.42. The lowest BCUT2D eigenvalue weighted by atomic mass is 10.1. The molecule has 2 N–H and O–H groups in total. The van der Waals surface area contributed by atoms with Crippen molar-refractivity contribution in [2.75, 3.05) is 13.1 Å². The van der Waals surface area contributed by atoms with Crippen LogP contribution in [-0.4, -0.2) is 39.1 Å². The Morgan fingerprint density at radius 1 is 1.38 bits per heavy atom. The van der Waals surface area contributed by atoms with Crippen LogP contribution in [0.4, 0.5) is 4.79 Å². The van der Waals surface area contributed by atoms with Gasteiger partial charge in [0.25, 0.3) is 0 Å². The number of likely N-dealkylation sites (tertiary alicyclic amines) is 1. The minimum absolute atomic E-state index is 0.0127. The normalized spacial score (nSPS) is 20.6. The van der Waals surface area contributed by atoms with Crippen LogP contribution in [0.25, 0.3) is 0 Å². The summed E-state index contributed by atoms with van der Waals surface area (Å²) >= 11 is 0. The van der Waals surface area contributed by atoms with E-state index in [9.17, 15) is 9.00 Å². The summed E-state index contributed by atoms with van der Waals surface area (Å²) in [5, 5.41) is 5.34. The molecular formula is C10H20N2O3S. The van der Waals surface area contributed by atoms with Gasteiger partial charge in [0.2, 0.25) is 0 Å². The number of piperidine rings is 1. The molecule has 1 saturated heterocycles. The van der Waals surface area contributed by atoms with Crippen LogP contribution in [-0.2, 0) is 15.7 Å². The minimum atomic E-state index is -1.28. The lowest BCUT2D eigenvalue weighted by molar-refractivity contribution is 0.0218. The Morgan fingerprint density at radius 2 is 1.88 bits per heavy atom. The smallest absolute Gasteiger partial charge is 0.410 e. The predicted molar refractivity (Wildman–Crippen MR) is 63.2 cm³/mol. The van der Waals surface area contributed by atoms with Gasteiger partial charge in [-0.3, -0.25) is 5.14 Å². The van der Waals surface area contributed by atoms with Crippen molar-refractivity contribution >= 4 is 17.1 Å². The quantitative estimate of drug-likeness (QED) is 0.752. The summed E-state index contributed by atoms with van der Waals surface area (Å²) in [5.74, 6) is 0. The first kappa shape index (κ1) is 13.4. The molecule has 0 spiro atoms. The van der Waals surface area contributed by atoms with Crippen LogP contribution < -0.4 is 5.14 Å². The second-order valence-corrected chi connectivity index (χ2v) is 6.32. The molecule has 1 aliphatic heterocycles. The number of ether oxygens (including phenoxy) is 1. The number of hydrogen-bond donors (Lipinski definition) is 1. The monoisotopic (exact) mass is 248 g/mol. The van der Waals surface area contributed by atoms with Crippen molar-refractivity contribution in [3.63, 3.8) is 0 Å². The molecule has 1 fully saturated rings. The maximum absolute atomic E-state index is 11.7. The number of carbonyl (C=O) groups excluding carboxylic acids is 1. The lowest BCUT2D eigenvalue weighted by Gasteiger charge is -2.32. The highest BCUT2D eigenvalue weighted by atomic mass is 32.2. The average Bonchev–Trinajstić information content (AvgIpc) is 2.15. The van der Waals surface area contributed by atoms with Crippen molar-refractivity contribution in [3.05, 3.63) is 0 Å². The summed E-state index contributed by atoms with van der Waals surface area (Å²) < 4.78 is 16.3. The Kier molecular flexibility index (Phi) is 4.32. The molecule has 1 atom stereocenters. The molecule has 0 unspecified atom stereocenters. The van der Waals surface area contributed by atoms with Gasteiger partial charge in [0.15, 0.2) is 0 Å². The zero-order chi connectivity index (χ0) is 12.3. The van der Waals surface area contributed by atoms with Gasteiger partial charge in [0.05, 0.1) is 16.2 Å². The van der Waals surface area contributed by atoms with Gasteiger partial charge in [-0.15, -0.1) is 0 Å². The van der Waals surface area contributed by atoms with Crippen molar-refractivity contribution in [1.82, 2.24) is 4.90 Å². The summed E-state index contributed by atoms with van der Waals surface area (Å²) in [5.41, 5.74) is -0.468. The molecule has 94 valence electrons. The maximum Gasteiger partial charge on any atom is 0.410 e. The summed E-state index contributed by atoms with van der Waals surface area (Å²) in [4.78, 5) is 13.3. The summed E-state index contributed by atoms with van der Waals surface area (Å²) in [7, 11) is -1.28. The van der Waals surface area contributed by atoms with Gasteiger partial charge in [-0.05, 0) is 33.6 Å². The second-order valence-electron chi connectivity index (χ2n) is 5.00. The van der Waals surface area contributed by atoms with E-state index >= 15 is 0 Å². The molecule has 1 heterocycles. The van der Waals surface area contributed by atoms with Crippen molar-refractivity contribution < 1.29 is 13.7 Å². The predicted octanol–water partition coefficient (Wildman–Crippen LogP) is 1.01. The highest BCUT2D eigenvalue weighted by Gasteiger charge is 2.28. The average molecular weight is 248 g/mol. The van der Waals surface area contributed by atoms with Crippen molar-refractivity contribution in [3.8, 4) is 0 Å². The van der Waals surface area contributed by atoms with E-state index < -0.39 is 16.6 Å². The first-order chi connectivity index (χ1) is 7.29. The number of nitrogens with two attached hydrogens (primary N) is 1. The number of carbonyl (C=O) groups is 1. The molecule has 0 aromatic heterocycles. The molecule has 0 aromatic carbocycles. The van der Waals surface area contributed by atoms with Crippen molar-refractivity contribution in [1.29, 1.82) is 0 Å². The minimum Gasteiger partial charge on any atom is -0.444 e. The molecule has 1 aliphatic rings. The number of hydrogen-bond acceptors (Lipinski definition) is 3. The Hall–Kier alpha value is -0.620. The van der Waals surface area contributed by atoms with Crippen LogP contribution in [0, 0.1) is 0 Å². The lowest BCUT2D eigenvalue weighted by Crippen LogP contribution is -2.44. The van der Waals surface area contributed by atoms with Gasteiger partial charge in [0.1, 0.15) is 5.60 Å². The van der Waals surface area contributed by atoms with Crippen LogP contribution in [0.3, 0.4) is 0 Å². The third kappa shape index (κ3) is 4.09. The molecule has 0 aliphatic carbocycles. The molecule has 0 radical (unpaired) electrons. The molecule has 5 nitrogen and oxygen atoms in total. The molecule has 16 heavy (non-hydrogen) atoms. The first-order valence-corrected chi connectivity index (χ1v) is 6.70. The van der Waals surface area contributed by atoms with E-state index in [1.54, 1.807) is 4.90 Å². The van der Waals surface area contributed by atoms with E-state index in [4.69, 9.17) is 9.88 Å². The largest absolute Gasteiger partial charge is 0.444 e. The molecule has 0 bridgehead atoms. The van der Waals surface area contributed by atoms with E-state index in [1.165, 1.54) is 0 Å². The zero-order valence-electron chi connectivity index (χ0n) is 10.1. The van der Waals surface area contributed by atoms with Crippen molar-refractivity contribution in [2.45, 2.75) is 44.5 Å². The number of amides is 1. The van der Waals surface area contributed by atoms with Gasteiger partial charge < -0.3 is 9.64 Å². The second kappa shape index (κ2) is 5.14. The molecule has 6 heteroatoms. The Morgan fingerprint density at radius 3 is 2.25 bits per heavy atom. The van der Waals surface area contributed by atoms with E-state index in [0.29, 0.717) is 25.9 Å². The fourth-order valence-corrected chi connectivity index (χ4v) is 2.27. The molecule has 1 rings (SSSR count).